The van der Waals surface area contributed by atoms with Crippen molar-refractivity contribution in [1.29, 1.82) is 0 Å². The van der Waals surface area contributed by atoms with Gasteiger partial charge in [0.15, 0.2) is 6.29 Å². The molecule has 0 saturated carbocycles. The molecule has 0 fully saturated rings. The Morgan fingerprint density at radius 2 is 1.38 bits per heavy atom. The molecule has 0 aliphatic carbocycles. The fourth-order valence-electron chi connectivity index (χ4n) is 3.33. The Labute approximate surface area is 176 Å². The van der Waals surface area contributed by atoms with Gasteiger partial charge in [0.25, 0.3) is 0 Å². The summed E-state index contributed by atoms with van der Waals surface area (Å²) in [6, 6.07) is 28.6. The lowest BCUT2D eigenvalue weighted by Crippen LogP contribution is -2.07. The zero-order chi connectivity index (χ0) is 19.6. The van der Waals surface area contributed by atoms with Crippen LogP contribution in [-0.4, -0.2) is 15.0 Å². The molecule has 0 radical (unpaired) electrons. The third-order valence-corrected chi connectivity index (χ3v) is 6.31. The number of fused-ring (bicyclic) bond motifs is 1. The maximum Gasteiger partial charge on any atom is 0.152 e. The molecule has 0 saturated heterocycles. The highest BCUT2D eigenvalue weighted by molar-refractivity contribution is 7.19. The molecule has 140 valence electrons. The van der Waals surface area contributed by atoms with Crippen molar-refractivity contribution in [2.45, 2.75) is 0 Å². The van der Waals surface area contributed by atoms with Crippen molar-refractivity contribution in [3.63, 3.8) is 0 Å². The summed E-state index contributed by atoms with van der Waals surface area (Å²) < 4.78 is 8.75. The maximum atomic E-state index is 11.3. The number of hydrogen-bond acceptors (Lipinski definition) is 6. The van der Waals surface area contributed by atoms with Crippen molar-refractivity contribution < 1.29 is 4.79 Å². The number of aromatic nitrogens is 2. The Kier molecular flexibility index (Phi) is 4.63. The average Bonchev–Trinajstić information content (AvgIpc) is 3.45. The number of nitrogens with zero attached hydrogens (tertiary/aromatic N) is 3. The molecule has 29 heavy (non-hydrogen) atoms. The first kappa shape index (κ1) is 17.7. The minimum atomic E-state index is 0.574. The Balaban J connectivity index is 1.63. The summed E-state index contributed by atoms with van der Waals surface area (Å²) in [5.41, 5.74) is 5.22. The van der Waals surface area contributed by atoms with Crippen molar-refractivity contribution in [3.05, 3.63) is 90.5 Å². The molecule has 0 aliphatic heterocycles. The van der Waals surface area contributed by atoms with Crippen LogP contribution < -0.4 is 4.90 Å². The van der Waals surface area contributed by atoms with E-state index in [9.17, 15) is 4.79 Å². The largest absolute Gasteiger partial charge is 0.302 e. The SMILES string of the molecule is O=Cc1ccc(-c2ccc(N(c3ccccc3)c3ccccc3)s2)c2nsnc12. The lowest BCUT2D eigenvalue weighted by molar-refractivity contribution is 0.112. The van der Waals surface area contributed by atoms with Crippen LogP contribution in [0.25, 0.3) is 21.5 Å². The van der Waals surface area contributed by atoms with E-state index in [1.165, 1.54) is 0 Å². The molecule has 3 aromatic carbocycles. The van der Waals surface area contributed by atoms with E-state index < -0.39 is 0 Å². The summed E-state index contributed by atoms with van der Waals surface area (Å²) in [4.78, 5) is 14.6. The molecule has 6 heteroatoms. The summed E-state index contributed by atoms with van der Waals surface area (Å²) in [6.07, 6.45) is 0.833. The van der Waals surface area contributed by atoms with E-state index in [-0.39, 0.29) is 0 Å². The second-order valence-electron chi connectivity index (χ2n) is 6.43. The second-order valence-corrected chi connectivity index (χ2v) is 8.02. The third-order valence-electron chi connectivity index (χ3n) is 4.68. The summed E-state index contributed by atoms with van der Waals surface area (Å²) >= 11 is 2.82. The number of thiophene rings is 1. The molecular weight excluding hydrogens is 398 g/mol. The fraction of sp³-hybridized carbons (Fsp3) is 0. The van der Waals surface area contributed by atoms with Crippen LogP contribution in [0.4, 0.5) is 16.4 Å². The number of carbonyl (C=O) groups is 1. The molecule has 2 aromatic heterocycles. The van der Waals surface area contributed by atoms with Gasteiger partial charge in [0.2, 0.25) is 0 Å². The van der Waals surface area contributed by atoms with Crippen LogP contribution in [0.1, 0.15) is 10.4 Å². The Bertz CT molecular complexity index is 1240. The van der Waals surface area contributed by atoms with Gasteiger partial charge in [-0.3, -0.25) is 4.79 Å². The topological polar surface area (TPSA) is 46.1 Å². The number of carbonyl (C=O) groups excluding carboxylic acids is 1. The first-order chi connectivity index (χ1) is 14.3. The van der Waals surface area contributed by atoms with Gasteiger partial charge in [-0.2, -0.15) is 8.75 Å². The first-order valence-electron chi connectivity index (χ1n) is 9.06. The molecule has 4 nitrogen and oxygen atoms in total. The number of anilines is 3. The minimum absolute atomic E-state index is 0.574. The third kappa shape index (κ3) is 3.22. The molecule has 2 heterocycles. The summed E-state index contributed by atoms with van der Waals surface area (Å²) in [5.74, 6) is 0. The molecule has 0 N–H and O–H groups in total. The van der Waals surface area contributed by atoms with E-state index in [2.05, 4.69) is 50.0 Å². The first-order valence-corrected chi connectivity index (χ1v) is 10.6. The number of rotatable bonds is 5. The van der Waals surface area contributed by atoms with Crippen LogP contribution in [0.5, 0.6) is 0 Å². The molecule has 0 bridgehead atoms. The van der Waals surface area contributed by atoms with Crippen LogP contribution >= 0.6 is 23.1 Å². The summed E-state index contributed by atoms with van der Waals surface area (Å²) in [6.45, 7) is 0. The molecule has 0 spiro atoms. The zero-order valence-corrected chi connectivity index (χ0v) is 16.9. The number of para-hydroxylation sites is 2. The van der Waals surface area contributed by atoms with E-state index >= 15 is 0 Å². The van der Waals surface area contributed by atoms with Gasteiger partial charge in [-0.05, 0) is 42.5 Å². The number of benzene rings is 3. The van der Waals surface area contributed by atoms with Gasteiger partial charge in [0, 0.05) is 27.4 Å². The van der Waals surface area contributed by atoms with Crippen LogP contribution in [-0.2, 0) is 0 Å². The van der Waals surface area contributed by atoms with E-state index in [0.717, 1.165) is 50.3 Å². The van der Waals surface area contributed by atoms with Crippen LogP contribution in [0.2, 0.25) is 0 Å². The van der Waals surface area contributed by atoms with Crippen molar-refractivity contribution in [2.24, 2.45) is 0 Å². The molecule has 0 atom stereocenters. The van der Waals surface area contributed by atoms with Gasteiger partial charge in [-0.1, -0.05) is 42.5 Å². The van der Waals surface area contributed by atoms with Crippen molar-refractivity contribution in [2.75, 3.05) is 4.90 Å². The van der Waals surface area contributed by atoms with Gasteiger partial charge < -0.3 is 4.90 Å². The van der Waals surface area contributed by atoms with Gasteiger partial charge in [-0.15, -0.1) is 11.3 Å². The highest BCUT2D eigenvalue weighted by atomic mass is 32.1. The Hall–Kier alpha value is -3.35. The molecule has 0 unspecified atom stereocenters. The molecule has 0 aliphatic rings. The number of hydrogen-bond donors (Lipinski definition) is 0. The fourth-order valence-corrected chi connectivity index (χ4v) is 4.98. The van der Waals surface area contributed by atoms with E-state index in [4.69, 9.17) is 0 Å². The van der Waals surface area contributed by atoms with Gasteiger partial charge in [-0.25, -0.2) is 0 Å². The predicted molar refractivity (Wildman–Crippen MR) is 121 cm³/mol. The zero-order valence-electron chi connectivity index (χ0n) is 15.2. The van der Waals surface area contributed by atoms with Crippen LogP contribution in [0, 0.1) is 0 Å². The maximum absolute atomic E-state index is 11.3. The normalized spacial score (nSPS) is 10.9. The molecule has 5 rings (SSSR count). The second kappa shape index (κ2) is 7.58. The van der Waals surface area contributed by atoms with Crippen molar-refractivity contribution in [1.82, 2.24) is 8.75 Å². The molecular formula is C23H15N3OS2. The summed E-state index contributed by atoms with van der Waals surface area (Å²) in [7, 11) is 0. The molecule has 5 aromatic rings. The standard InChI is InChI=1S/C23H15N3OS2/c27-15-16-11-12-19(23-22(16)24-29-25-23)20-13-14-21(28-20)26(17-7-3-1-4-8-17)18-9-5-2-6-10-18/h1-15H. The van der Waals surface area contributed by atoms with Gasteiger partial charge in [0.1, 0.15) is 16.0 Å². The van der Waals surface area contributed by atoms with E-state index in [0.29, 0.717) is 11.1 Å². The van der Waals surface area contributed by atoms with E-state index in [1.54, 1.807) is 11.3 Å². The Morgan fingerprint density at radius 3 is 2.03 bits per heavy atom. The van der Waals surface area contributed by atoms with Crippen LogP contribution in [0.3, 0.4) is 0 Å². The predicted octanol–water partition coefficient (Wildman–Crippen LogP) is 6.70. The molecule has 0 amide bonds. The average molecular weight is 414 g/mol. The Morgan fingerprint density at radius 1 is 0.724 bits per heavy atom. The number of aldehydes is 1. The lowest BCUT2D eigenvalue weighted by atomic mass is 10.1. The van der Waals surface area contributed by atoms with Gasteiger partial charge >= 0.3 is 0 Å². The van der Waals surface area contributed by atoms with Crippen molar-refractivity contribution in [3.8, 4) is 10.4 Å². The smallest absolute Gasteiger partial charge is 0.152 e. The van der Waals surface area contributed by atoms with Crippen molar-refractivity contribution >= 4 is 56.8 Å². The van der Waals surface area contributed by atoms with E-state index in [1.807, 2.05) is 48.5 Å². The minimum Gasteiger partial charge on any atom is -0.302 e. The highest BCUT2D eigenvalue weighted by Gasteiger charge is 2.17. The van der Waals surface area contributed by atoms with Crippen LogP contribution in [0.15, 0.2) is 84.9 Å². The monoisotopic (exact) mass is 413 g/mol. The summed E-state index contributed by atoms with van der Waals surface area (Å²) in [5, 5.41) is 1.10. The quantitative estimate of drug-likeness (QED) is 0.301. The van der Waals surface area contributed by atoms with Gasteiger partial charge in [0.05, 0.1) is 11.7 Å². The highest BCUT2D eigenvalue weighted by Crippen LogP contribution is 2.42. The lowest BCUT2D eigenvalue weighted by Gasteiger charge is -2.23.